The second-order valence-corrected chi connectivity index (χ2v) is 6.37. The first-order chi connectivity index (χ1) is 9.67. The number of rotatable bonds is 11. The van der Waals surface area contributed by atoms with Crippen LogP contribution in [0.2, 0.25) is 0 Å². The van der Waals surface area contributed by atoms with Gasteiger partial charge in [0.15, 0.2) is 5.13 Å². The van der Waals surface area contributed by atoms with E-state index in [4.69, 9.17) is 4.74 Å². The first-order valence-electron chi connectivity index (χ1n) is 7.65. The van der Waals surface area contributed by atoms with Crippen molar-refractivity contribution in [3.8, 4) is 0 Å². The maximum absolute atomic E-state index is 5.56. The minimum absolute atomic E-state index is 0.624. The number of nitrogens with one attached hydrogen (secondary N) is 1. The van der Waals surface area contributed by atoms with Crippen molar-refractivity contribution in [2.75, 3.05) is 37.7 Å². The lowest BCUT2D eigenvalue weighted by Gasteiger charge is -2.16. The van der Waals surface area contributed by atoms with Gasteiger partial charge in [0.05, 0.1) is 0 Å². The SMILES string of the molecule is CCN(CC)c1ncc(CNCCCOCC(C)C)s1. The van der Waals surface area contributed by atoms with Crippen LogP contribution in [0.5, 0.6) is 0 Å². The Labute approximate surface area is 127 Å². The molecule has 116 valence electrons. The monoisotopic (exact) mass is 299 g/mol. The fraction of sp³-hybridized carbons (Fsp3) is 0.800. The third-order valence-electron chi connectivity index (χ3n) is 2.97. The molecule has 0 aliphatic carbocycles. The van der Waals surface area contributed by atoms with E-state index in [1.54, 1.807) is 11.3 Å². The van der Waals surface area contributed by atoms with E-state index < -0.39 is 0 Å². The Balaban J connectivity index is 2.13. The van der Waals surface area contributed by atoms with Gasteiger partial charge in [0.25, 0.3) is 0 Å². The van der Waals surface area contributed by atoms with E-state index in [1.807, 2.05) is 6.20 Å². The molecule has 0 aliphatic rings. The number of aromatic nitrogens is 1. The van der Waals surface area contributed by atoms with E-state index in [0.717, 1.165) is 50.9 Å². The Morgan fingerprint density at radius 2 is 2.10 bits per heavy atom. The van der Waals surface area contributed by atoms with E-state index in [9.17, 15) is 0 Å². The molecule has 20 heavy (non-hydrogen) atoms. The van der Waals surface area contributed by atoms with Crippen LogP contribution in [-0.2, 0) is 11.3 Å². The molecule has 1 heterocycles. The molecule has 0 spiro atoms. The zero-order valence-electron chi connectivity index (χ0n) is 13.3. The van der Waals surface area contributed by atoms with Crippen LogP contribution in [0.3, 0.4) is 0 Å². The van der Waals surface area contributed by atoms with Crippen molar-refractivity contribution >= 4 is 16.5 Å². The maximum Gasteiger partial charge on any atom is 0.185 e. The maximum atomic E-state index is 5.56. The van der Waals surface area contributed by atoms with Crippen molar-refractivity contribution in [1.82, 2.24) is 10.3 Å². The van der Waals surface area contributed by atoms with E-state index in [1.165, 1.54) is 4.88 Å². The molecule has 1 aromatic heterocycles. The second-order valence-electron chi connectivity index (χ2n) is 5.28. The van der Waals surface area contributed by atoms with E-state index in [2.05, 4.69) is 42.9 Å². The highest BCUT2D eigenvalue weighted by atomic mass is 32.1. The topological polar surface area (TPSA) is 37.4 Å². The Kier molecular flexibility index (Phi) is 8.82. The molecule has 0 radical (unpaired) electrons. The smallest absolute Gasteiger partial charge is 0.185 e. The number of nitrogens with zero attached hydrogens (tertiary/aromatic N) is 2. The summed E-state index contributed by atoms with van der Waals surface area (Å²) in [6.45, 7) is 14.3. The van der Waals surface area contributed by atoms with Gasteiger partial charge in [-0.3, -0.25) is 0 Å². The zero-order valence-corrected chi connectivity index (χ0v) is 14.1. The number of hydrogen-bond donors (Lipinski definition) is 1. The number of thiazole rings is 1. The lowest BCUT2D eigenvalue weighted by molar-refractivity contribution is 0.108. The fourth-order valence-corrected chi connectivity index (χ4v) is 2.86. The molecule has 0 bridgehead atoms. The first-order valence-corrected chi connectivity index (χ1v) is 8.47. The fourth-order valence-electron chi connectivity index (χ4n) is 1.85. The molecule has 0 atom stereocenters. The third kappa shape index (κ3) is 6.68. The molecule has 0 saturated heterocycles. The summed E-state index contributed by atoms with van der Waals surface area (Å²) in [6.07, 6.45) is 3.05. The van der Waals surface area contributed by atoms with Crippen LogP contribution in [0.15, 0.2) is 6.20 Å². The molecular weight excluding hydrogens is 270 g/mol. The van der Waals surface area contributed by atoms with Gasteiger partial charge in [-0.2, -0.15) is 0 Å². The van der Waals surface area contributed by atoms with Gasteiger partial charge in [0, 0.05) is 43.9 Å². The van der Waals surface area contributed by atoms with Gasteiger partial charge in [0.2, 0.25) is 0 Å². The Morgan fingerprint density at radius 3 is 2.75 bits per heavy atom. The predicted octanol–water partition coefficient (Wildman–Crippen LogP) is 3.14. The number of ether oxygens (including phenoxy) is 1. The molecule has 0 fully saturated rings. The van der Waals surface area contributed by atoms with Gasteiger partial charge in [-0.1, -0.05) is 13.8 Å². The molecule has 4 nitrogen and oxygen atoms in total. The average molecular weight is 299 g/mol. The van der Waals surface area contributed by atoms with Crippen molar-refractivity contribution < 1.29 is 4.74 Å². The first kappa shape index (κ1) is 17.4. The summed E-state index contributed by atoms with van der Waals surface area (Å²) >= 11 is 1.78. The average Bonchev–Trinajstić information content (AvgIpc) is 2.87. The summed E-state index contributed by atoms with van der Waals surface area (Å²) < 4.78 is 5.56. The molecule has 0 aromatic carbocycles. The molecule has 0 saturated carbocycles. The molecule has 0 aliphatic heterocycles. The van der Waals surface area contributed by atoms with Crippen LogP contribution in [-0.4, -0.2) is 37.8 Å². The molecule has 1 N–H and O–H groups in total. The van der Waals surface area contributed by atoms with Crippen molar-refractivity contribution in [2.45, 2.75) is 40.7 Å². The normalized spacial score (nSPS) is 11.2. The van der Waals surface area contributed by atoms with E-state index >= 15 is 0 Å². The predicted molar refractivity (Wildman–Crippen MR) is 87.7 cm³/mol. The van der Waals surface area contributed by atoms with Crippen molar-refractivity contribution in [3.05, 3.63) is 11.1 Å². The highest BCUT2D eigenvalue weighted by Gasteiger charge is 2.07. The largest absolute Gasteiger partial charge is 0.381 e. The van der Waals surface area contributed by atoms with E-state index in [-0.39, 0.29) is 0 Å². The van der Waals surface area contributed by atoms with Crippen LogP contribution >= 0.6 is 11.3 Å². The van der Waals surface area contributed by atoms with Crippen LogP contribution in [0.4, 0.5) is 5.13 Å². The van der Waals surface area contributed by atoms with Gasteiger partial charge >= 0.3 is 0 Å². The molecule has 0 amide bonds. The summed E-state index contributed by atoms with van der Waals surface area (Å²) in [4.78, 5) is 8.07. The van der Waals surface area contributed by atoms with Gasteiger partial charge in [-0.15, -0.1) is 11.3 Å². The summed E-state index contributed by atoms with van der Waals surface area (Å²) in [5.41, 5.74) is 0. The highest BCUT2D eigenvalue weighted by Crippen LogP contribution is 2.21. The van der Waals surface area contributed by atoms with Gasteiger partial charge in [0.1, 0.15) is 0 Å². The minimum atomic E-state index is 0.624. The van der Waals surface area contributed by atoms with Crippen LogP contribution < -0.4 is 10.2 Å². The molecule has 1 aromatic rings. The van der Waals surface area contributed by atoms with Gasteiger partial charge in [-0.05, 0) is 32.7 Å². The van der Waals surface area contributed by atoms with Gasteiger partial charge < -0.3 is 15.0 Å². The summed E-state index contributed by atoms with van der Waals surface area (Å²) in [5, 5.41) is 4.58. The lowest BCUT2D eigenvalue weighted by Crippen LogP contribution is -2.21. The van der Waals surface area contributed by atoms with Crippen LogP contribution in [0.1, 0.15) is 39.0 Å². The molecular formula is C15H29N3OS. The molecule has 0 unspecified atom stereocenters. The molecule has 5 heteroatoms. The summed E-state index contributed by atoms with van der Waals surface area (Å²) in [6, 6.07) is 0. The summed E-state index contributed by atoms with van der Waals surface area (Å²) in [7, 11) is 0. The second kappa shape index (κ2) is 10.1. The Hall–Kier alpha value is -0.650. The highest BCUT2D eigenvalue weighted by molar-refractivity contribution is 7.15. The van der Waals surface area contributed by atoms with E-state index in [0.29, 0.717) is 5.92 Å². The quantitative estimate of drug-likeness (QED) is 0.637. The van der Waals surface area contributed by atoms with Crippen molar-refractivity contribution in [3.63, 3.8) is 0 Å². The Morgan fingerprint density at radius 1 is 1.35 bits per heavy atom. The van der Waals surface area contributed by atoms with Crippen molar-refractivity contribution in [1.29, 1.82) is 0 Å². The van der Waals surface area contributed by atoms with Gasteiger partial charge in [-0.25, -0.2) is 4.98 Å². The Bertz CT molecular complexity index is 351. The minimum Gasteiger partial charge on any atom is -0.381 e. The number of hydrogen-bond acceptors (Lipinski definition) is 5. The van der Waals surface area contributed by atoms with Crippen LogP contribution in [0, 0.1) is 5.92 Å². The third-order valence-corrected chi connectivity index (χ3v) is 4.03. The summed E-state index contributed by atoms with van der Waals surface area (Å²) in [5.74, 6) is 0.624. The standard InChI is InChI=1S/C15H29N3OS/c1-5-18(6-2)15-17-11-14(20-15)10-16-8-7-9-19-12-13(3)4/h11,13,16H,5-10,12H2,1-4H3. The molecule has 1 rings (SSSR count). The van der Waals surface area contributed by atoms with Crippen LogP contribution in [0.25, 0.3) is 0 Å². The lowest BCUT2D eigenvalue weighted by atomic mass is 10.2. The van der Waals surface area contributed by atoms with Crippen molar-refractivity contribution in [2.24, 2.45) is 5.92 Å². The zero-order chi connectivity index (χ0) is 14.8. The number of anilines is 1.